The minimum Gasteiger partial charge on any atom is -0.281 e. The summed E-state index contributed by atoms with van der Waals surface area (Å²) in [5, 5.41) is 8.14. The maximum atomic E-state index is 5.85. The van der Waals surface area contributed by atoms with E-state index in [0.29, 0.717) is 0 Å². The van der Waals surface area contributed by atoms with E-state index >= 15 is 0 Å². The maximum Gasteiger partial charge on any atom is 0.0923 e. The quantitative estimate of drug-likeness (QED) is 0.793. The number of nitrogens with zero attached hydrogens (tertiary/aromatic N) is 1. The fourth-order valence-corrected chi connectivity index (χ4v) is 1.60. The predicted octanol–water partition coefficient (Wildman–Crippen LogP) is 4.03. The van der Waals surface area contributed by atoms with Crippen molar-refractivity contribution in [2.45, 2.75) is 26.2 Å². The topological polar surface area (TPSA) is 28.7 Å². The molecule has 1 aromatic carbocycles. The number of hydrogen-bond donors (Lipinski definition) is 1. The zero-order chi connectivity index (χ0) is 11.8. The van der Waals surface area contributed by atoms with E-state index < -0.39 is 0 Å². The van der Waals surface area contributed by atoms with Crippen molar-refractivity contribution < 1.29 is 0 Å². The first-order chi connectivity index (χ1) is 7.47. The largest absolute Gasteiger partial charge is 0.281 e. The zero-order valence-corrected chi connectivity index (χ0v) is 10.5. The standard InChI is InChI=1S/C13H15ClN2/c1-13(2,3)12-8-11(15-16-12)9-4-6-10(14)7-5-9/h4-8H,1-3H3,(H,15,16). The van der Waals surface area contributed by atoms with E-state index in [0.717, 1.165) is 22.0 Å². The summed E-state index contributed by atoms with van der Waals surface area (Å²) in [5.74, 6) is 0. The molecule has 0 fully saturated rings. The second-order valence-corrected chi connectivity index (χ2v) is 5.36. The first kappa shape index (κ1) is 11.2. The molecule has 3 heteroatoms. The minimum absolute atomic E-state index is 0.0949. The third-order valence-electron chi connectivity index (χ3n) is 2.53. The van der Waals surface area contributed by atoms with Crippen LogP contribution in [0.25, 0.3) is 11.3 Å². The summed E-state index contributed by atoms with van der Waals surface area (Å²) < 4.78 is 0. The SMILES string of the molecule is CC(C)(C)c1cc(-c2ccc(Cl)cc2)n[nH]1. The van der Waals surface area contributed by atoms with Crippen LogP contribution >= 0.6 is 11.6 Å². The van der Waals surface area contributed by atoms with Gasteiger partial charge in [0.1, 0.15) is 0 Å². The summed E-state index contributed by atoms with van der Waals surface area (Å²) in [6.07, 6.45) is 0. The number of aromatic nitrogens is 2. The lowest BCUT2D eigenvalue weighted by atomic mass is 9.92. The number of H-pyrrole nitrogens is 1. The molecule has 0 aliphatic carbocycles. The van der Waals surface area contributed by atoms with E-state index in [1.165, 1.54) is 0 Å². The second-order valence-electron chi connectivity index (χ2n) is 4.92. The molecule has 2 rings (SSSR count). The Balaban J connectivity index is 2.35. The Hall–Kier alpha value is -1.28. The second kappa shape index (κ2) is 3.95. The molecule has 0 saturated heterocycles. The molecule has 0 bridgehead atoms. The Kier molecular flexibility index (Phi) is 2.76. The molecule has 2 nitrogen and oxygen atoms in total. The Morgan fingerprint density at radius 3 is 2.25 bits per heavy atom. The lowest BCUT2D eigenvalue weighted by Gasteiger charge is -2.14. The molecule has 0 aliphatic heterocycles. The van der Waals surface area contributed by atoms with Crippen LogP contribution in [0, 0.1) is 0 Å². The van der Waals surface area contributed by atoms with Crippen molar-refractivity contribution in [3.05, 3.63) is 41.0 Å². The zero-order valence-electron chi connectivity index (χ0n) is 9.71. The molecule has 0 unspecified atom stereocenters. The number of nitrogens with one attached hydrogen (secondary N) is 1. The average Bonchev–Trinajstić information content (AvgIpc) is 2.67. The molecule has 1 N–H and O–H groups in total. The summed E-state index contributed by atoms with van der Waals surface area (Å²) in [5.41, 5.74) is 3.27. The molecule has 0 radical (unpaired) electrons. The fraction of sp³-hybridized carbons (Fsp3) is 0.308. The van der Waals surface area contributed by atoms with Crippen LogP contribution in [-0.2, 0) is 5.41 Å². The van der Waals surface area contributed by atoms with Crippen molar-refractivity contribution in [1.29, 1.82) is 0 Å². The summed E-state index contributed by atoms with van der Waals surface area (Å²) in [6, 6.07) is 9.80. The third-order valence-corrected chi connectivity index (χ3v) is 2.78. The van der Waals surface area contributed by atoms with Crippen LogP contribution in [0.2, 0.25) is 5.02 Å². The van der Waals surface area contributed by atoms with Crippen molar-refractivity contribution in [3.63, 3.8) is 0 Å². The van der Waals surface area contributed by atoms with Crippen LogP contribution in [-0.4, -0.2) is 10.2 Å². The third kappa shape index (κ3) is 2.27. The van der Waals surface area contributed by atoms with Gasteiger partial charge >= 0.3 is 0 Å². The van der Waals surface area contributed by atoms with E-state index in [4.69, 9.17) is 11.6 Å². The van der Waals surface area contributed by atoms with Gasteiger partial charge in [0, 0.05) is 21.7 Å². The molecule has 16 heavy (non-hydrogen) atoms. The Bertz CT molecular complexity index is 477. The van der Waals surface area contributed by atoms with E-state index in [1.807, 2.05) is 24.3 Å². The highest BCUT2D eigenvalue weighted by atomic mass is 35.5. The molecule has 0 aliphatic rings. The molecule has 84 valence electrons. The predicted molar refractivity (Wildman–Crippen MR) is 67.7 cm³/mol. The highest BCUT2D eigenvalue weighted by molar-refractivity contribution is 6.30. The maximum absolute atomic E-state index is 5.85. The van der Waals surface area contributed by atoms with Gasteiger partial charge in [0.25, 0.3) is 0 Å². The lowest BCUT2D eigenvalue weighted by Crippen LogP contribution is -2.11. The summed E-state index contributed by atoms with van der Waals surface area (Å²) in [4.78, 5) is 0. The lowest BCUT2D eigenvalue weighted by molar-refractivity contribution is 0.567. The van der Waals surface area contributed by atoms with Crippen LogP contribution in [0.5, 0.6) is 0 Å². The van der Waals surface area contributed by atoms with E-state index in [-0.39, 0.29) is 5.41 Å². The number of hydrogen-bond acceptors (Lipinski definition) is 1. The van der Waals surface area contributed by atoms with Gasteiger partial charge in [0.15, 0.2) is 0 Å². The minimum atomic E-state index is 0.0949. The molecular weight excluding hydrogens is 220 g/mol. The molecule has 0 spiro atoms. The molecule has 1 heterocycles. The highest BCUT2D eigenvalue weighted by Gasteiger charge is 2.16. The van der Waals surface area contributed by atoms with Gasteiger partial charge in [-0.25, -0.2) is 0 Å². The van der Waals surface area contributed by atoms with Gasteiger partial charge in [-0.15, -0.1) is 0 Å². The van der Waals surface area contributed by atoms with Gasteiger partial charge in [0.2, 0.25) is 0 Å². The number of aromatic amines is 1. The van der Waals surface area contributed by atoms with Gasteiger partial charge in [-0.1, -0.05) is 44.5 Å². The van der Waals surface area contributed by atoms with Crippen LogP contribution < -0.4 is 0 Å². The van der Waals surface area contributed by atoms with Gasteiger partial charge in [0.05, 0.1) is 5.69 Å². The first-order valence-corrected chi connectivity index (χ1v) is 5.66. The van der Waals surface area contributed by atoms with Crippen LogP contribution in [0.15, 0.2) is 30.3 Å². The van der Waals surface area contributed by atoms with Gasteiger partial charge in [-0.2, -0.15) is 5.10 Å². The monoisotopic (exact) mass is 234 g/mol. The van der Waals surface area contributed by atoms with Crippen molar-refractivity contribution in [2.24, 2.45) is 0 Å². The first-order valence-electron chi connectivity index (χ1n) is 5.28. The molecular formula is C13H15ClN2. The Morgan fingerprint density at radius 1 is 1.12 bits per heavy atom. The highest BCUT2D eigenvalue weighted by Crippen LogP contribution is 2.25. The van der Waals surface area contributed by atoms with Gasteiger partial charge < -0.3 is 0 Å². The van der Waals surface area contributed by atoms with Crippen molar-refractivity contribution in [2.75, 3.05) is 0 Å². The smallest absolute Gasteiger partial charge is 0.0923 e. The number of rotatable bonds is 1. The van der Waals surface area contributed by atoms with E-state index in [2.05, 4.69) is 37.0 Å². The number of halogens is 1. The van der Waals surface area contributed by atoms with Crippen LogP contribution in [0.1, 0.15) is 26.5 Å². The molecule has 0 amide bonds. The summed E-state index contributed by atoms with van der Waals surface area (Å²) in [6.45, 7) is 6.48. The summed E-state index contributed by atoms with van der Waals surface area (Å²) >= 11 is 5.85. The normalized spacial score (nSPS) is 11.8. The van der Waals surface area contributed by atoms with Crippen molar-refractivity contribution in [1.82, 2.24) is 10.2 Å². The fourth-order valence-electron chi connectivity index (χ4n) is 1.47. The van der Waals surface area contributed by atoms with Crippen molar-refractivity contribution >= 4 is 11.6 Å². The van der Waals surface area contributed by atoms with E-state index in [9.17, 15) is 0 Å². The summed E-state index contributed by atoms with van der Waals surface area (Å²) in [7, 11) is 0. The van der Waals surface area contributed by atoms with Gasteiger partial charge in [-0.3, -0.25) is 5.10 Å². The molecule has 0 saturated carbocycles. The van der Waals surface area contributed by atoms with Crippen molar-refractivity contribution in [3.8, 4) is 11.3 Å². The van der Waals surface area contributed by atoms with Gasteiger partial charge in [-0.05, 0) is 18.2 Å². The van der Waals surface area contributed by atoms with Crippen LogP contribution in [0.3, 0.4) is 0 Å². The van der Waals surface area contributed by atoms with Crippen LogP contribution in [0.4, 0.5) is 0 Å². The molecule has 1 aromatic heterocycles. The number of benzene rings is 1. The van der Waals surface area contributed by atoms with E-state index in [1.54, 1.807) is 0 Å². The Morgan fingerprint density at radius 2 is 1.75 bits per heavy atom. The Labute approximate surface area is 101 Å². The average molecular weight is 235 g/mol. The molecule has 2 aromatic rings. The molecule has 0 atom stereocenters.